The van der Waals surface area contributed by atoms with Crippen LogP contribution in [0.15, 0.2) is 0 Å². The molecule has 0 saturated heterocycles. The van der Waals surface area contributed by atoms with E-state index in [1.165, 1.54) is 0 Å². The molecular formula is C24H48N2O5. The Hall–Kier alpha value is -1.18. The molecule has 0 fully saturated rings. The standard InChI is InChI=1S/C24H48N2O5/c1-4-6-13-22(3)24(28)26-15-10-8-12-18-30-20-19-29-17-11-7-9-14-25-23(27)21-31-16-5-2/h22H,4-21H2,1-3H3,(H,25,27)(H,26,28). The number of amides is 2. The highest BCUT2D eigenvalue weighted by Crippen LogP contribution is 2.07. The lowest BCUT2D eigenvalue weighted by molar-refractivity contribution is -0.126. The predicted octanol–water partition coefficient (Wildman–Crippen LogP) is 3.85. The third-order valence-corrected chi connectivity index (χ3v) is 4.94. The molecule has 0 rings (SSSR count). The summed E-state index contributed by atoms with van der Waals surface area (Å²) in [6.45, 7) is 11.1. The van der Waals surface area contributed by atoms with Crippen LogP contribution in [0, 0.1) is 5.92 Å². The van der Waals surface area contributed by atoms with Crippen LogP contribution in [0.4, 0.5) is 0 Å². The Kier molecular flexibility index (Phi) is 22.6. The lowest BCUT2D eigenvalue weighted by atomic mass is 10.0. The fourth-order valence-electron chi connectivity index (χ4n) is 2.95. The minimum atomic E-state index is -0.0383. The highest BCUT2D eigenvalue weighted by Gasteiger charge is 2.10. The first-order chi connectivity index (χ1) is 15.1. The van der Waals surface area contributed by atoms with E-state index in [0.29, 0.717) is 26.4 Å². The number of hydrogen-bond donors (Lipinski definition) is 2. The van der Waals surface area contributed by atoms with E-state index >= 15 is 0 Å². The van der Waals surface area contributed by atoms with Crippen LogP contribution in [0.5, 0.6) is 0 Å². The average molecular weight is 445 g/mol. The molecule has 184 valence electrons. The zero-order valence-corrected chi connectivity index (χ0v) is 20.3. The van der Waals surface area contributed by atoms with E-state index < -0.39 is 0 Å². The lowest BCUT2D eigenvalue weighted by Crippen LogP contribution is -2.30. The summed E-state index contributed by atoms with van der Waals surface area (Å²) >= 11 is 0. The molecular weight excluding hydrogens is 396 g/mol. The molecule has 0 aromatic carbocycles. The zero-order valence-electron chi connectivity index (χ0n) is 20.3. The average Bonchev–Trinajstić information content (AvgIpc) is 2.77. The van der Waals surface area contributed by atoms with Crippen LogP contribution in [0.2, 0.25) is 0 Å². The maximum atomic E-state index is 11.9. The van der Waals surface area contributed by atoms with Crippen LogP contribution >= 0.6 is 0 Å². The van der Waals surface area contributed by atoms with Crippen molar-refractivity contribution in [3.63, 3.8) is 0 Å². The maximum absolute atomic E-state index is 11.9. The summed E-state index contributed by atoms with van der Waals surface area (Å²) in [6, 6.07) is 0. The SMILES string of the molecule is CCCCC(C)C(=O)NCCCCCOCCOCCCCCNC(=O)COCCC. The minimum absolute atomic E-state index is 0.0383. The Labute approximate surface area is 190 Å². The van der Waals surface area contributed by atoms with Gasteiger partial charge in [0.25, 0.3) is 0 Å². The summed E-state index contributed by atoms with van der Waals surface area (Å²) in [4.78, 5) is 23.3. The van der Waals surface area contributed by atoms with Gasteiger partial charge in [-0.2, -0.15) is 0 Å². The van der Waals surface area contributed by atoms with Crippen molar-refractivity contribution in [2.75, 3.05) is 52.7 Å². The summed E-state index contributed by atoms with van der Waals surface area (Å²) in [5.74, 6) is 0.270. The van der Waals surface area contributed by atoms with Crippen molar-refractivity contribution in [2.24, 2.45) is 5.92 Å². The highest BCUT2D eigenvalue weighted by molar-refractivity contribution is 5.78. The van der Waals surface area contributed by atoms with Crippen LogP contribution < -0.4 is 10.6 Å². The zero-order chi connectivity index (χ0) is 23.0. The van der Waals surface area contributed by atoms with Gasteiger partial charge in [0.2, 0.25) is 11.8 Å². The molecule has 0 spiro atoms. The summed E-state index contributed by atoms with van der Waals surface area (Å²) in [5.41, 5.74) is 0. The Bertz CT molecular complexity index is 421. The summed E-state index contributed by atoms with van der Waals surface area (Å²) < 4.78 is 16.3. The molecule has 0 radical (unpaired) electrons. The molecule has 1 unspecified atom stereocenters. The number of nitrogens with one attached hydrogen (secondary N) is 2. The summed E-state index contributed by atoms with van der Waals surface area (Å²) in [7, 11) is 0. The molecule has 0 aliphatic rings. The maximum Gasteiger partial charge on any atom is 0.245 e. The second-order valence-electron chi connectivity index (χ2n) is 8.08. The fourth-order valence-corrected chi connectivity index (χ4v) is 2.95. The predicted molar refractivity (Wildman–Crippen MR) is 125 cm³/mol. The number of carbonyl (C=O) groups is 2. The molecule has 2 N–H and O–H groups in total. The van der Waals surface area contributed by atoms with E-state index in [1.807, 2.05) is 13.8 Å². The van der Waals surface area contributed by atoms with E-state index in [1.54, 1.807) is 0 Å². The van der Waals surface area contributed by atoms with Gasteiger partial charge in [0.05, 0.1) is 13.2 Å². The first kappa shape index (κ1) is 29.8. The van der Waals surface area contributed by atoms with Crippen molar-refractivity contribution in [2.45, 2.75) is 85.0 Å². The number of ether oxygens (including phenoxy) is 3. The van der Waals surface area contributed by atoms with Crippen LogP contribution in [0.1, 0.15) is 85.0 Å². The third-order valence-electron chi connectivity index (χ3n) is 4.94. The van der Waals surface area contributed by atoms with Gasteiger partial charge >= 0.3 is 0 Å². The monoisotopic (exact) mass is 444 g/mol. The molecule has 0 aromatic heterocycles. The molecule has 7 nitrogen and oxygen atoms in total. The molecule has 1 atom stereocenters. The second kappa shape index (κ2) is 23.5. The van der Waals surface area contributed by atoms with Gasteiger partial charge < -0.3 is 24.8 Å². The Morgan fingerprint density at radius 3 is 1.87 bits per heavy atom. The highest BCUT2D eigenvalue weighted by atomic mass is 16.5. The van der Waals surface area contributed by atoms with Crippen molar-refractivity contribution >= 4 is 11.8 Å². The van der Waals surface area contributed by atoms with Gasteiger partial charge in [-0.05, 0) is 51.4 Å². The third kappa shape index (κ3) is 21.8. The Morgan fingerprint density at radius 1 is 0.677 bits per heavy atom. The molecule has 0 aromatic rings. The van der Waals surface area contributed by atoms with Crippen molar-refractivity contribution in [1.82, 2.24) is 10.6 Å². The molecule has 0 bridgehead atoms. The molecule has 0 saturated carbocycles. The van der Waals surface area contributed by atoms with Crippen molar-refractivity contribution in [1.29, 1.82) is 0 Å². The van der Waals surface area contributed by atoms with Gasteiger partial charge in [0.15, 0.2) is 0 Å². The van der Waals surface area contributed by atoms with E-state index in [0.717, 1.165) is 84.0 Å². The van der Waals surface area contributed by atoms with E-state index in [-0.39, 0.29) is 24.3 Å². The van der Waals surface area contributed by atoms with Gasteiger partial charge in [0.1, 0.15) is 6.61 Å². The quantitative estimate of drug-likeness (QED) is 0.234. The normalized spacial score (nSPS) is 12.0. The van der Waals surface area contributed by atoms with Gasteiger partial charge in [-0.25, -0.2) is 0 Å². The molecule has 0 aliphatic carbocycles. The van der Waals surface area contributed by atoms with Gasteiger partial charge in [0, 0.05) is 38.8 Å². The number of carbonyl (C=O) groups excluding carboxylic acids is 2. The lowest BCUT2D eigenvalue weighted by Gasteiger charge is -2.11. The number of rotatable bonds is 23. The smallest absolute Gasteiger partial charge is 0.245 e. The fraction of sp³-hybridized carbons (Fsp3) is 0.917. The molecule has 0 aliphatic heterocycles. The largest absolute Gasteiger partial charge is 0.379 e. The Morgan fingerprint density at radius 2 is 1.29 bits per heavy atom. The molecule has 7 heteroatoms. The van der Waals surface area contributed by atoms with E-state index in [9.17, 15) is 9.59 Å². The van der Waals surface area contributed by atoms with Crippen molar-refractivity contribution in [3.05, 3.63) is 0 Å². The number of unbranched alkanes of at least 4 members (excludes halogenated alkanes) is 5. The van der Waals surface area contributed by atoms with Gasteiger partial charge in [-0.15, -0.1) is 0 Å². The van der Waals surface area contributed by atoms with Crippen molar-refractivity contribution in [3.8, 4) is 0 Å². The van der Waals surface area contributed by atoms with Gasteiger partial charge in [-0.1, -0.05) is 33.6 Å². The first-order valence-corrected chi connectivity index (χ1v) is 12.4. The molecule has 31 heavy (non-hydrogen) atoms. The van der Waals surface area contributed by atoms with Crippen LogP contribution in [-0.2, 0) is 23.8 Å². The minimum Gasteiger partial charge on any atom is -0.379 e. The van der Waals surface area contributed by atoms with E-state index in [2.05, 4.69) is 17.6 Å². The topological polar surface area (TPSA) is 85.9 Å². The van der Waals surface area contributed by atoms with E-state index in [4.69, 9.17) is 14.2 Å². The summed E-state index contributed by atoms with van der Waals surface area (Å²) in [5, 5.41) is 5.88. The molecule has 2 amide bonds. The Balaban J connectivity index is 3.22. The number of hydrogen-bond acceptors (Lipinski definition) is 5. The van der Waals surface area contributed by atoms with Crippen LogP contribution in [-0.4, -0.2) is 64.5 Å². The van der Waals surface area contributed by atoms with Gasteiger partial charge in [-0.3, -0.25) is 9.59 Å². The molecule has 0 heterocycles. The van der Waals surface area contributed by atoms with Crippen molar-refractivity contribution < 1.29 is 23.8 Å². The first-order valence-electron chi connectivity index (χ1n) is 12.4. The summed E-state index contributed by atoms with van der Waals surface area (Å²) in [6.07, 6.45) is 10.2. The second-order valence-corrected chi connectivity index (χ2v) is 8.08. The van der Waals surface area contributed by atoms with Crippen LogP contribution in [0.25, 0.3) is 0 Å². The van der Waals surface area contributed by atoms with Crippen LogP contribution in [0.3, 0.4) is 0 Å².